The normalized spacial score (nSPS) is 11.0. The third-order valence-electron chi connectivity index (χ3n) is 0.663. The van der Waals surface area contributed by atoms with E-state index in [2.05, 4.69) is 6.58 Å². The van der Waals surface area contributed by atoms with Gasteiger partial charge in [0.25, 0.3) is 0 Å². The summed E-state index contributed by atoms with van der Waals surface area (Å²) in [6.45, 7) is 5.19. The van der Waals surface area contributed by atoms with Crippen molar-refractivity contribution in [2.45, 2.75) is 6.92 Å². The van der Waals surface area contributed by atoms with Crippen LogP contribution in [0, 0.1) is 0 Å². The first-order valence-corrected chi connectivity index (χ1v) is 2.55. The Morgan fingerprint density at radius 2 is 2.25 bits per heavy atom. The van der Waals surface area contributed by atoms with Crippen LogP contribution in [0.15, 0.2) is 24.3 Å². The summed E-state index contributed by atoms with van der Waals surface area (Å²) in [5.41, 5.74) is 0.782. The molecule has 0 aliphatic carbocycles. The van der Waals surface area contributed by atoms with E-state index in [0.717, 1.165) is 5.57 Å². The van der Waals surface area contributed by atoms with Crippen molar-refractivity contribution in [3.8, 4) is 0 Å². The van der Waals surface area contributed by atoms with E-state index < -0.39 is 5.24 Å². The fraction of sp³-hybridized carbons (Fsp3) is 0.167. The first-order chi connectivity index (χ1) is 3.66. The fourth-order valence-electron chi connectivity index (χ4n) is 0.238. The summed E-state index contributed by atoms with van der Waals surface area (Å²) in [5, 5.41) is -0.456. The molecule has 0 saturated heterocycles. The smallest absolute Gasteiger partial charge is 0.245 e. The van der Waals surface area contributed by atoms with Gasteiger partial charge in [-0.2, -0.15) is 0 Å². The van der Waals surface area contributed by atoms with Crippen LogP contribution in [0.25, 0.3) is 0 Å². The van der Waals surface area contributed by atoms with Crippen molar-refractivity contribution >= 4 is 16.8 Å². The fourth-order valence-corrected chi connectivity index (χ4v) is 0.410. The molecule has 0 radical (unpaired) electrons. The monoisotopic (exact) mass is 130 g/mol. The maximum atomic E-state index is 10.1. The Kier molecular flexibility index (Phi) is 3.20. The summed E-state index contributed by atoms with van der Waals surface area (Å²) >= 11 is 4.99. The van der Waals surface area contributed by atoms with Crippen molar-refractivity contribution in [3.63, 3.8) is 0 Å². The first kappa shape index (κ1) is 7.44. The second kappa shape index (κ2) is 3.44. The summed E-state index contributed by atoms with van der Waals surface area (Å²) in [6, 6.07) is 0. The van der Waals surface area contributed by atoms with Gasteiger partial charge in [0.15, 0.2) is 0 Å². The molecule has 0 amide bonds. The van der Waals surface area contributed by atoms with Gasteiger partial charge in [0.05, 0.1) is 0 Å². The van der Waals surface area contributed by atoms with Gasteiger partial charge in [-0.1, -0.05) is 12.7 Å². The van der Waals surface area contributed by atoms with E-state index in [4.69, 9.17) is 11.6 Å². The molecular formula is C6H7ClO. The molecule has 0 aromatic rings. The molecule has 0 saturated carbocycles. The van der Waals surface area contributed by atoms with Gasteiger partial charge in [0, 0.05) is 6.08 Å². The van der Waals surface area contributed by atoms with E-state index in [1.165, 1.54) is 6.08 Å². The van der Waals surface area contributed by atoms with Crippen molar-refractivity contribution < 1.29 is 4.79 Å². The lowest BCUT2D eigenvalue weighted by Crippen LogP contribution is -1.77. The van der Waals surface area contributed by atoms with Crippen LogP contribution in [0.4, 0.5) is 0 Å². The minimum Gasteiger partial charge on any atom is -0.276 e. The van der Waals surface area contributed by atoms with Gasteiger partial charge in [-0.25, -0.2) is 0 Å². The number of hydrogen-bond acceptors (Lipinski definition) is 1. The van der Waals surface area contributed by atoms with Crippen LogP contribution in [0.2, 0.25) is 0 Å². The average Bonchev–Trinajstić information content (AvgIpc) is 1.65. The zero-order valence-corrected chi connectivity index (χ0v) is 5.40. The molecule has 0 aromatic carbocycles. The standard InChI is InChI=1S/C6H7ClO/c1-3-5(2)4-6(7)8/h3-4H,1H2,2H3. The van der Waals surface area contributed by atoms with Crippen LogP contribution in [0.5, 0.6) is 0 Å². The lowest BCUT2D eigenvalue weighted by Gasteiger charge is -1.81. The maximum Gasteiger partial charge on any atom is 0.245 e. The van der Waals surface area contributed by atoms with Crippen molar-refractivity contribution in [2.24, 2.45) is 0 Å². The molecule has 0 N–H and O–H groups in total. The van der Waals surface area contributed by atoms with Crippen LogP contribution in [-0.2, 0) is 4.79 Å². The highest BCUT2D eigenvalue weighted by Gasteiger charge is 1.85. The predicted molar refractivity (Wildman–Crippen MR) is 34.8 cm³/mol. The Balaban J connectivity index is 3.94. The third kappa shape index (κ3) is 3.62. The molecule has 0 aliphatic heterocycles. The molecular weight excluding hydrogens is 124 g/mol. The lowest BCUT2D eigenvalue weighted by molar-refractivity contribution is -0.107. The zero-order valence-electron chi connectivity index (χ0n) is 4.65. The van der Waals surface area contributed by atoms with Crippen LogP contribution in [-0.4, -0.2) is 5.24 Å². The number of carbonyl (C=O) groups excluding carboxylic acids is 1. The van der Waals surface area contributed by atoms with E-state index in [0.29, 0.717) is 0 Å². The highest BCUT2D eigenvalue weighted by atomic mass is 35.5. The lowest BCUT2D eigenvalue weighted by atomic mass is 10.3. The van der Waals surface area contributed by atoms with Gasteiger partial charge >= 0.3 is 0 Å². The van der Waals surface area contributed by atoms with Crippen molar-refractivity contribution in [3.05, 3.63) is 24.3 Å². The largest absolute Gasteiger partial charge is 0.276 e. The van der Waals surface area contributed by atoms with Crippen LogP contribution < -0.4 is 0 Å². The number of halogens is 1. The van der Waals surface area contributed by atoms with E-state index >= 15 is 0 Å². The Morgan fingerprint density at radius 1 is 1.75 bits per heavy atom. The molecule has 0 unspecified atom stereocenters. The van der Waals surface area contributed by atoms with Gasteiger partial charge in [-0.15, -0.1) is 0 Å². The van der Waals surface area contributed by atoms with Gasteiger partial charge in [0.1, 0.15) is 0 Å². The molecule has 2 heteroatoms. The zero-order chi connectivity index (χ0) is 6.57. The highest BCUT2D eigenvalue weighted by Crippen LogP contribution is 1.93. The molecule has 8 heavy (non-hydrogen) atoms. The molecule has 44 valence electrons. The minimum atomic E-state index is -0.456. The Morgan fingerprint density at radius 3 is 2.38 bits per heavy atom. The minimum absolute atomic E-state index is 0.456. The van der Waals surface area contributed by atoms with Crippen LogP contribution in [0.1, 0.15) is 6.92 Å². The molecule has 0 aromatic heterocycles. The van der Waals surface area contributed by atoms with Crippen molar-refractivity contribution in [1.29, 1.82) is 0 Å². The van der Waals surface area contributed by atoms with Gasteiger partial charge in [0.2, 0.25) is 5.24 Å². The molecule has 0 rings (SSSR count). The SMILES string of the molecule is C=CC(C)=CC(=O)Cl. The third-order valence-corrected chi connectivity index (χ3v) is 0.772. The van der Waals surface area contributed by atoms with Gasteiger partial charge in [-0.05, 0) is 24.1 Å². The topological polar surface area (TPSA) is 17.1 Å². The van der Waals surface area contributed by atoms with Crippen LogP contribution >= 0.6 is 11.6 Å². The molecule has 0 atom stereocenters. The first-order valence-electron chi connectivity index (χ1n) is 2.17. The summed E-state index contributed by atoms with van der Waals surface area (Å²) in [6.07, 6.45) is 2.88. The molecule has 0 fully saturated rings. The number of hydrogen-bond donors (Lipinski definition) is 0. The van der Waals surface area contributed by atoms with Gasteiger partial charge < -0.3 is 0 Å². The number of carbonyl (C=O) groups is 1. The van der Waals surface area contributed by atoms with E-state index in [1.54, 1.807) is 13.0 Å². The molecule has 0 heterocycles. The van der Waals surface area contributed by atoms with Crippen molar-refractivity contribution in [2.75, 3.05) is 0 Å². The quantitative estimate of drug-likeness (QED) is 0.317. The van der Waals surface area contributed by atoms with E-state index in [-0.39, 0.29) is 0 Å². The molecule has 1 nitrogen and oxygen atoms in total. The molecule has 0 spiro atoms. The van der Waals surface area contributed by atoms with Gasteiger partial charge in [-0.3, -0.25) is 4.79 Å². The summed E-state index contributed by atoms with van der Waals surface area (Å²) in [4.78, 5) is 10.1. The summed E-state index contributed by atoms with van der Waals surface area (Å²) in [7, 11) is 0. The molecule has 0 aliphatic rings. The second-order valence-corrected chi connectivity index (χ2v) is 1.77. The summed E-state index contributed by atoms with van der Waals surface area (Å²) in [5.74, 6) is 0. The number of rotatable bonds is 2. The van der Waals surface area contributed by atoms with E-state index in [1.807, 2.05) is 0 Å². The molecule has 0 bridgehead atoms. The second-order valence-electron chi connectivity index (χ2n) is 1.40. The average molecular weight is 131 g/mol. The predicted octanol–water partition coefficient (Wildman–Crippen LogP) is 1.88. The highest BCUT2D eigenvalue weighted by molar-refractivity contribution is 6.66. The number of allylic oxidation sites excluding steroid dienone is 3. The summed E-state index contributed by atoms with van der Waals surface area (Å²) < 4.78 is 0. The Bertz CT molecular complexity index is 135. The Labute approximate surface area is 53.6 Å². The van der Waals surface area contributed by atoms with Crippen LogP contribution in [0.3, 0.4) is 0 Å². The van der Waals surface area contributed by atoms with Crippen molar-refractivity contribution in [1.82, 2.24) is 0 Å². The van der Waals surface area contributed by atoms with E-state index in [9.17, 15) is 4.79 Å². The Hall–Kier alpha value is -0.560. The maximum absolute atomic E-state index is 10.1.